The summed E-state index contributed by atoms with van der Waals surface area (Å²) < 4.78 is 0. The highest BCUT2D eigenvalue weighted by Gasteiger charge is 2.09. The van der Waals surface area contributed by atoms with Gasteiger partial charge in [-0.3, -0.25) is 9.59 Å². The van der Waals surface area contributed by atoms with Gasteiger partial charge in [0.05, 0.1) is 11.0 Å². The first-order chi connectivity index (χ1) is 11.1. The Kier molecular flexibility index (Phi) is 4.26. The van der Waals surface area contributed by atoms with E-state index in [0.29, 0.717) is 28.2 Å². The van der Waals surface area contributed by atoms with Gasteiger partial charge in [-0.1, -0.05) is 24.6 Å². The number of benzene rings is 2. The molecule has 1 heterocycles. The molecule has 0 atom stereocenters. The molecule has 0 spiro atoms. The van der Waals surface area contributed by atoms with E-state index in [0.717, 1.165) is 11.1 Å². The molecule has 3 rings (SSSR count). The molecule has 0 saturated carbocycles. The number of rotatable bonds is 4. The minimum Gasteiger partial charge on any atom is -0.319 e. The van der Waals surface area contributed by atoms with Gasteiger partial charge in [-0.2, -0.15) is 0 Å². The third-order valence-corrected chi connectivity index (χ3v) is 3.94. The van der Waals surface area contributed by atoms with Crippen molar-refractivity contribution in [3.05, 3.63) is 74.7 Å². The Morgan fingerprint density at radius 3 is 2.61 bits per heavy atom. The maximum absolute atomic E-state index is 12.3. The van der Waals surface area contributed by atoms with Crippen LogP contribution in [-0.4, -0.2) is 15.8 Å². The fourth-order valence-electron chi connectivity index (χ4n) is 2.44. The van der Waals surface area contributed by atoms with Gasteiger partial charge < -0.3 is 4.98 Å². The SMILES string of the molecule is CCc1nc2ccc(CC(=O)c3ccc(Cl)cc3)cc2[nH]c1=O. The summed E-state index contributed by atoms with van der Waals surface area (Å²) in [5.41, 5.74) is 3.16. The fourth-order valence-corrected chi connectivity index (χ4v) is 2.57. The number of nitrogens with zero attached hydrogens (tertiary/aromatic N) is 1. The van der Waals surface area contributed by atoms with Crippen molar-refractivity contribution in [1.29, 1.82) is 0 Å². The molecule has 0 saturated heterocycles. The van der Waals surface area contributed by atoms with Gasteiger partial charge in [-0.25, -0.2) is 4.98 Å². The minimum atomic E-state index is -0.179. The van der Waals surface area contributed by atoms with E-state index < -0.39 is 0 Å². The molecule has 0 bridgehead atoms. The zero-order chi connectivity index (χ0) is 16.4. The smallest absolute Gasteiger partial charge is 0.270 e. The molecule has 0 aliphatic carbocycles. The van der Waals surface area contributed by atoms with E-state index in [1.54, 1.807) is 30.3 Å². The lowest BCUT2D eigenvalue weighted by molar-refractivity contribution is 0.0993. The summed E-state index contributed by atoms with van der Waals surface area (Å²) in [6.45, 7) is 1.89. The lowest BCUT2D eigenvalue weighted by atomic mass is 10.0. The van der Waals surface area contributed by atoms with Gasteiger partial charge in [-0.05, 0) is 48.4 Å². The number of aromatic nitrogens is 2. The number of ketones is 1. The van der Waals surface area contributed by atoms with Crippen LogP contribution in [0.4, 0.5) is 0 Å². The van der Waals surface area contributed by atoms with Gasteiger partial charge in [0.2, 0.25) is 0 Å². The van der Waals surface area contributed by atoms with Crippen LogP contribution in [0.1, 0.15) is 28.5 Å². The molecule has 1 N–H and O–H groups in total. The molecule has 3 aromatic rings. The van der Waals surface area contributed by atoms with Gasteiger partial charge in [0, 0.05) is 17.0 Å². The normalized spacial score (nSPS) is 10.9. The molecule has 0 fully saturated rings. The van der Waals surface area contributed by atoms with E-state index in [1.807, 2.05) is 19.1 Å². The Hall–Kier alpha value is -2.46. The molecule has 0 amide bonds. The largest absolute Gasteiger partial charge is 0.319 e. The topological polar surface area (TPSA) is 62.8 Å². The van der Waals surface area contributed by atoms with Crippen LogP contribution in [0.2, 0.25) is 5.02 Å². The molecule has 2 aromatic carbocycles. The second-order valence-electron chi connectivity index (χ2n) is 5.32. The van der Waals surface area contributed by atoms with Crippen molar-refractivity contribution in [3.63, 3.8) is 0 Å². The van der Waals surface area contributed by atoms with Crippen LogP contribution in [-0.2, 0) is 12.8 Å². The monoisotopic (exact) mass is 326 g/mol. The molecule has 0 radical (unpaired) electrons. The highest BCUT2D eigenvalue weighted by molar-refractivity contribution is 6.30. The quantitative estimate of drug-likeness (QED) is 0.745. The van der Waals surface area contributed by atoms with Crippen LogP contribution in [0.25, 0.3) is 11.0 Å². The maximum atomic E-state index is 12.3. The van der Waals surface area contributed by atoms with Crippen molar-refractivity contribution >= 4 is 28.4 Å². The van der Waals surface area contributed by atoms with Crippen molar-refractivity contribution in [1.82, 2.24) is 9.97 Å². The first kappa shape index (κ1) is 15.4. The van der Waals surface area contributed by atoms with Crippen LogP contribution in [0.5, 0.6) is 0 Å². The number of hydrogen-bond acceptors (Lipinski definition) is 3. The zero-order valence-corrected chi connectivity index (χ0v) is 13.4. The predicted octanol–water partition coefficient (Wildman–Crippen LogP) is 3.56. The average Bonchev–Trinajstić information content (AvgIpc) is 2.54. The van der Waals surface area contributed by atoms with Gasteiger partial charge >= 0.3 is 0 Å². The number of fused-ring (bicyclic) bond motifs is 1. The van der Waals surface area contributed by atoms with Crippen molar-refractivity contribution in [2.75, 3.05) is 0 Å². The Morgan fingerprint density at radius 2 is 1.91 bits per heavy atom. The number of H-pyrrole nitrogens is 1. The number of Topliss-reactive ketones (excluding diaryl/α,β-unsaturated/α-hetero) is 1. The van der Waals surface area contributed by atoms with Gasteiger partial charge in [0.15, 0.2) is 5.78 Å². The molecule has 23 heavy (non-hydrogen) atoms. The Morgan fingerprint density at radius 1 is 1.17 bits per heavy atom. The van der Waals surface area contributed by atoms with E-state index in [9.17, 15) is 9.59 Å². The average molecular weight is 327 g/mol. The van der Waals surface area contributed by atoms with E-state index >= 15 is 0 Å². The third kappa shape index (κ3) is 3.32. The zero-order valence-electron chi connectivity index (χ0n) is 12.6. The molecular weight excluding hydrogens is 312 g/mol. The molecule has 116 valence electrons. The molecule has 5 heteroatoms. The fraction of sp³-hybridized carbons (Fsp3) is 0.167. The van der Waals surface area contributed by atoms with E-state index in [4.69, 9.17) is 11.6 Å². The third-order valence-electron chi connectivity index (χ3n) is 3.69. The second kappa shape index (κ2) is 6.34. The molecule has 0 aliphatic heterocycles. The van der Waals surface area contributed by atoms with Crippen molar-refractivity contribution < 1.29 is 4.79 Å². The maximum Gasteiger partial charge on any atom is 0.270 e. The van der Waals surface area contributed by atoms with Crippen LogP contribution in [0, 0.1) is 0 Å². The Bertz CT molecular complexity index is 930. The van der Waals surface area contributed by atoms with Crippen molar-refractivity contribution in [2.24, 2.45) is 0 Å². The molecule has 4 nitrogen and oxygen atoms in total. The Balaban J connectivity index is 1.90. The van der Waals surface area contributed by atoms with Crippen molar-refractivity contribution in [3.8, 4) is 0 Å². The number of halogens is 1. The summed E-state index contributed by atoms with van der Waals surface area (Å²) in [5.74, 6) is 0.00139. The van der Waals surface area contributed by atoms with E-state index in [2.05, 4.69) is 9.97 Å². The number of aromatic amines is 1. The Labute approximate surface area is 138 Å². The molecular formula is C18H15ClN2O2. The number of carbonyl (C=O) groups is 1. The highest BCUT2D eigenvalue weighted by Crippen LogP contribution is 2.15. The minimum absolute atomic E-state index is 0.00139. The lowest BCUT2D eigenvalue weighted by Crippen LogP contribution is -2.14. The first-order valence-electron chi connectivity index (χ1n) is 7.37. The predicted molar refractivity (Wildman–Crippen MR) is 91.2 cm³/mol. The second-order valence-corrected chi connectivity index (χ2v) is 5.76. The van der Waals surface area contributed by atoms with Crippen LogP contribution < -0.4 is 5.56 Å². The van der Waals surface area contributed by atoms with Crippen molar-refractivity contribution in [2.45, 2.75) is 19.8 Å². The highest BCUT2D eigenvalue weighted by atomic mass is 35.5. The first-order valence-corrected chi connectivity index (χ1v) is 7.75. The number of hydrogen-bond donors (Lipinski definition) is 1. The number of aryl methyl sites for hydroxylation is 1. The summed E-state index contributed by atoms with van der Waals surface area (Å²) in [4.78, 5) is 31.3. The van der Waals surface area contributed by atoms with Gasteiger partial charge in [-0.15, -0.1) is 0 Å². The molecule has 0 unspecified atom stereocenters. The van der Waals surface area contributed by atoms with Gasteiger partial charge in [0.1, 0.15) is 5.69 Å². The van der Waals surface area contributed by atoms with Crippen LogP contribution >= 0.6 is 11.6 Å². The lowest BCUT2D eigenvalue weighted by Gasteiger charge is -2.05. The standard InChI is InChI=1S/C18H15ClN2O2/c1-2-14-18(23)21-16-9-11(3-8-15(16)20-14)10-17(22)12-4-6-13(19)7-5-12/h3-9H,2,10H2,1H3,(H,21,23). The summed E-state index contributed by atoms with van der Waals surface area (Å²) in [5, 5.41) is 0.600. The van der Waals surface area contributed by atoms with Crippen LogP contribution in [0.15, 0.2) is 47.3 Å². The van der Waals surface area contributed by atoms with E-state index in [1.165, 1.54) is 0 Å². The summed E-state index contributed by atoms with van der Waals surface area (Å²) in [6.07, 6.45) is 0.844. The molecule has 1 aromatic heterocycles. The number of carbonyl (C=O) groups excluding carboxylic acids is 1. The number of nitrogens with one attached hydrogen (secondary N) is 1. The summed E-state index contributed by atoms with van der Waals surface area (Å²) in [6, 6.07) is 12.3. The van der Waals surface area contributed by atoms with Gasteiger partial charge in [0.25, 0.3) is 5.56 Å². The summed E-state index contributed by atoms with van der Waals surface area (Å²) >= 11 is 5.83. The van der Waals surface area contributed by atoms with E-state index in [-0.39, 0.29) is 17.8 Å². The van der Waals surface area contributed by atoms with Crippen LogP contribution in [0.3, 0.4) is 0 Å². The summed E-state index contributed by atoms with van der Waals surface area (Å²) in [7, 11) is 0. The molecule has 0 aliphatic rings.